The Morgan fingerprint density at radius 2 is 2.05 bits per heavy atom. The van der Waals surface area contributed by atoms with Crippen molar-refractivity contribution in [3.63, 3.8) is 0 Å². The summed E-state index contributed by atoms with van der Waals surface area (Å²) in [7, 11) is 0. The first-order valence-corrected chi connectivity index (χ1v) is 7.25. The molecule has 1 aromatic rings. The van der Waals surface area contributed by atoms with Crippen molar-refractivity contribution in [3.8, 4) is 5.75 Å². The Balaban J connectivity index is 2.00. The van der Waals surface area contributed by atoms with Crippen LogP contribution < -0.4 is 0 Å². The summed E-state index contributed by atoms with van der Waals surface area (Å²) in [5, 5.41) is 9.33. The minimum Gasteiger partial charge on any atom is -0.508 e. The molecule has 0 spiro atoms. The van der Waals surface area contributed by atoms with E-state index in [1.54, 1.807) is 12.1 Å². The summed E-state index contributed by atoms with van der Waals surface area (Å²) in [4.78, 5) is 2.57. The number of aromatic hydroxyl groups is 1. The van der Waals surface area contributed by atoms with Crippen LogP contribution in [0.2, 0.25) is 0 Å². The second-order valence-electron chi connectivity index (χ2n) is 5.62. The van der Waals surface area contributed by atoms with Crippen LogP contribution in [0.25, 0.3) is 0 Å². The Morgan fingerprint density at radius 3 is 2.68 bits per heavy atom. The third-order valence-electron chi connectivity index (χ3n) is 4.01. The molecule has 2 rings (SSSR count). The fourth-order valence-electron chi connectivity index (χ4n) is 2.85. The van der Waals surface area contributed by atoms with Crippen LogP contribution in [-0.2, 0) is 11.2 Å². The lowest BCUT2D eigenvalue weighted by Crippen LogP contribution is -2.52. The molecule has 1 aliphatic rings. The minimum atomic E-state index is 0.324. The van der Waals surface area contributed by atoms with Crippen molar-refractivity contribution in [3.05, 3.63) is 29.8 Å². The summed E-state index contributed by atoms with van der Waals surface area (Å²) >= 11 is 0. The van der Waals surface area contributed by atoms with Crippen LogP contribution in [0.5, 0.6) is 5.75 Å². The van der Waals surface area contributed by atoms with Gasteiger partial charge in [-0.15, -0.1) is 0 Å². The zero-order valence-corrected chi connectivity index (χ0v) is 12.2. The molecule has 0 saturated carbocycles. The fraction of sp³-hybridized carbons (Fsp3) is 0.625. The molecule has 3 atom stereocenters. The Hall–Kier alpha value is -1.06. The van der Waals surface area contributed by atoms with Crippen LogP contribution in [0.15, 0.2) is 24.3 Å². The van der Waals surface area contributed by atoms with Crippen molar-refractivity contribution in [2.45, 2.75) is 51.8 Å². The predicted octanol–water partition coefficient (Wildman–Crippen LogP) is 2.82. The van der Waals surface area contributed by atoms with E-state index in [2.05, 4.69) is 25.7 Å². The van der Waals surface area contributed by atoms with Crippen LogP contribution >= 0.6 is 0 Å². The first-order valence-electron chi connectivity index (χ1n) is 7.25. The zero-order chi connectivity index (χ0) is 13.8. The maximum atomic E-state index is 9.33. The van der Waals surface area contributed by atoms with E-state index in [1.807, 2.05) is 12.1 Å². The van der Waals surface area contributed by atoms with E-state index in [0.717, 1.165) is 26.0 Å². The Bertz CT molecular complexity index is 390. The third kappa shape index (κ3) is 3.71. The number of rotatable bonds is 4. The lowest BCUT2D eigenvalue weighted by Gasteiger charge is -2.42. The van der Waals surface area contributed by atoms with Gasteiger partial charge in [0.2, 0.25) is 0 Å². The number of nitrogens with zero attached hydrogens (tertiary/aromatic N) is 1. The molecule has 0 radical (unpaired) electrons. The summed E-state index contributed by atoms with van der Waals surface area (Å²) in [5.41, 5.74) is 1.28. The maximum Gasteiger partial charge on any atom is 0.115 e. The molecule has 3 nitrogen and oxygen atoms in total. The van der Waals surface area contributed by atoms with Crippen LogP contribution in [0.4, 0.5) is 0 Å². The normalized spacial score (nSPS) is 26.3. The van der Waals surface area contributed by atoms with Crippen molar-refractivity contribution < 1.29 is 9.84 Å². The highest BCUT2D eigenvalue weighted by atomic mass is 16.5. The van der Waals surface area contributed by atoms with Gasteiger partial charge < -0.3 is 9.84 Å². The van der Waals surface area contributed by atoms with Gasteiger partial charge in [0, 0.05) is 18.6 Å². The van der Waals surface area contributed by atoms with E-state index < -0.39 is 0 Å². The van der Waals surface area contributed by atoms with Crippen LogP contribution in [-0.4, -0.2) is 41.3 Å². The highest BCUT2D eigenvalue weighted by Crippen LogP contribution is 2.20. The SMILES string of the molecule is CCC1COC(C)CN1C(C)Cc1ccc(O)cc1. The van der Waals surface area contributed by atoms with E-state index in [1.165, 1.54) is 5.56 Å². The molecule has 1 aliphatic heterocycles. The van der Waals surface area contributed by atoms with E-state index in [0.29, 0.717) is 23.9 Å². The number of phenolic OH excluding ortho intramolecular Hbond substituents is 1. The van der Waals surface area contributed by atoms with E-state index in [-0.39, 0.29) is 0 Å². The molecule has 1 saturated heterocycles. The summed E-state index contributed by atoms with van der Waals surface area (Å²) < 4.78 is 5.75. The van der Waals surface area contributed by atoms with Crippen LogP contribution in [0.3, 0.4) is 0 Å². The minimum absolute atomic E-state index is 0.324. The first-order chi connectivity index (χ1) is 9.10. The van der Waals surface area contributed by atoms with Crippen LogP contribution in [0.1, 0.15) is 32.8 Å². The van der Waals surface area contributed by atoms with Gasteiger partial charge in [-0.3, -0.25) is 4.90 Å². The van der Waals surface area contributed by atoms with E-state index >= 15 is 0 Å². The van der Waals surface area contributed by atoms with Gasteiger partial charge in [0.05, 0.1) is 12.7 Å². The van der Waals surface area contributed by atoms with Crippen LogP contribution in [0, 0.1) is 0 Å². The van der Waals surface area contributed by atoms with Gasteiger partial charge in [-0.1, -0.05) is 19.1 Å². The van der Waals surface area contributed by atoms with E-state index in [9.17, 15) is 5.11 Å². The van der Waals surface area contributed by atoms with Crippen molar-refractivity contribution in [1.82, 2.24) is 4.90 Å². The number of hydrogen-bond donors (Lipinski definition) is 1. The molecule has 3 unspecified atom stereocenters. The second-order valence-corrected chi connectivity index (χ2v) is 5.62. The molecule has 0 bridgehead atoms. The number of phenols is 1. The predicted molar refractivity (Wildman–Crippen MR) is 77.5 cm³/mol. The summed E-state index contributed by atoms with van der Waals surface area (Å²) in [6, 6.07) is 8.58. The molecule has 0 aromatic heterocycles. The summed E-state index contributed by atoms with van der Waals surface area (Å²) in [6.45, 7) is 8.51. The quantitative estimate of drug-likeness (QED) is 0.906. The monoisotopic (exact) mass is 263 g/mol. The third-order valence-corrected chi connectivity index (χ3v) is 4.01. The number of benzene rings is 1. The van der Waals surface area contributed by atoms with Gasteiger partial charge >= 0.3 is 0 Å². The maximum absolute atomic E-state index is 9.33. The molecule has 1 heterocycles. The van der Waals surface area contributed by atoms with Gasteiger partial charge in [-0.05, 0) is 44.4 Å². The van der Waals surface area contributed by atoms with Crippen molar-refractivity contribution >= 4 is 0 Å². The largest absolute Gasteiger partial charge is 0.508 e. The lowest BCUT2D eigenvalue weighted by atomic mass is 10.0. The molecule has 106 valence electrons. The fourth-order valence-corrected chi connectivity index (χ4v) is 2.85. The molecule has 1 N–H and O–H groups in total. The number of hydrogen-bond acceptors (Lipinski definition) is 3. The highest BCUT2D eigenvalue weighted by molar-refractivity contribution is 5.26. The molecule has 3 heteroatoms. The Kier molecular flexibility index (Phi) is 4.83. The molecule has 1 aromatic carbocycles. The average Bonchev–Trinajstić information content (AvgIpc) is 2.41. The molecular formula is C16H25NO2. The smallest absolute Gasteiger partial charge is 0.115 e. The lowest BCUT2D eigenvalue weighted by molar-refractivity contribution is -0.0697. The topological polar surface area (TPSA) is 32.7 Å². The standard InChI is InChI=1S/C16H25NO2/c1-4-15-11-19-13(3)10-17(15)12(2)9-14-5-7-16(18)8-6-14/h5-8,12-13,15,18H,4,9-11H2,1-3H3. The molecular weight excluding hydrogens is 238 g/mol. The zero-order valence-electron chi connectivity index (χ0n) is 12.2. The second kappa shape index (κ2) is 6.40. The van der Waals surface area contributed by atoms with Crippen molar-refractivity contribution in [2.75, 3.05) is 13.2 Å². The Morgan fingerprint density at radius 1 is 1.37 bits per heavy atom. The van der Waals surface area contributed by atoms with Gasteiger partial charge in [0.1, 0.15) is 5.75 Å². The Labute approximate surface area is 116 Å². The summed E-state index contributed by atoms with van der Waals surface area (Å²) in [6.07, 6.45) is 2.47. The first kappa shape index (κ1) is 14.4. The molecule has 19 heavy (non-hydrogen) atoms. The van der Waals surface area contributed by atoms with Crippen molar-refractivity contribution in [1.29, 1.82) is 0 Å². The molecule has 1 fully saturated rings. The van der Waals surface area contributed by atoms with Crippen molar-refractivity contribution in [2.24, 2.45) is 0 Å². The number of ether oxygens (including phenoxy) is 1. The highest BCUT2D eigenvalue weighted by Gasteiger charge is 2.28. The average molecular weight is 263 g/mol. The molecule has 0 amide bonds. The van der Waals surface area contributed by atoms with Gasteiger partial charge in [-0.2, -0.15) is 0 Å². The van der Waals surface area contributed by atoms with E-state index in [4.69, 9.17) is 4.74 Å². The van der Waals surface area contributed by atoms with Gasteiger partial charge in [0.15, 0.2) is 0 Å². The van der Waals surface area contributed by atoms with Gasteiger partial charge in [0.25, 0.3) is 0 Å². The molecule has 0 aliphatic carbocycles. The number of morpholine rings is 1. The van der Waals surface area contributed by atoms with Gasteiger partial charge in [-0.25, -0.2) is 0 Å². The summed E-state index contributed by atoms with van der Waals surface area (Å²) in [5.74, 6) is 0.336.